The van der Waals surface area contributed by atoms with Crippen molar-refractivity contribution < 1.29 is 9.53 Å². The number of methoxy groups -OCH3 is 1. The standard InChI is InChI=1S/C19H23N3O2/c1-24-16-9-7-14(8-10-16)11-12-20-19(23)18-13-17(21-22-18)15-5-3-2-4-6-15/h2-10,17-18,21-22H,11-13H2,1H3,(H,20,23). The third kappa shape index (κ3) is 4.13. The Balaban J connectivity index is 1.44. The van der Waals surface area contributed by atoms with Crippen LogP contribution >= 0.6 is 0 Å². The molecule has 2 atom stereocenters. The van der Waals surface area contributed by atoms with Crippen molar-refractivity contribution in [1.29, 1.82) is 0 Å². The Labute approximate surface area is 142 Å². The molecule has 3 N–H and O–H groups in total. The highest BCUT2D eigenvalue weighted by atomic mass is 16.5. The number of carbonyl (C=O) groups is 1. The van der Waals surface area contributed by atoms with Crippen LogP contribution in [-0.2, 0) is 11.2 Å². The van der Waals surface area contributed by atoms with Gasteiger partial charge in [0.1, 0.15) is 11.8 Å². The Bertz CT molecular complexity index is 658. The Morgan fingerprint density at radius 2 is 1.88 bits per heavy atom. The first-order valence-corrected chi connectivity index (χ1v) is 8.23. The van der Waals surface area contributed by atoms with Crippen molar-refractivity contribution >= 4 is 5.91 Å². The molecule has 0 aliphatic carbocycles. The van der Waals surface area contributed by atoms with Gasteiger partial charge in [-0.25, -0.2) is 10.9 Å². The van der Waals surface area contributed by atoms with Crippen molar-refractivity contribution in [1.82, 2.24) is 16.2 Å². The predicted octanol–water partition coefficient (Wildman–Crippen LogP) is 1.96. The highest BCUT2D eigenvalue weighted by Gasteiger charge is 2.29. The van der Waals surface area contributed by atoms with Gasteiger partial charge in [-0.3, -0.25) is 4.79 Å². The topological polar surface area (TPSA) is 62.4 Å². The van der Waals surface area contributed by atoms with Crippen molar-refractivity contribution in [2.45, 2.75) is 24.9 Å². The number of hydrogen-bond donors (Lipinski definition) is 3. The second-order valence-corrected chi connectivity index (χ2v) is 5.93. The maximum atomic E-state index is 12.3. The van der Waals surface area contributed by atoms with Crippen LogP contribution < -0.4 is 20.9 Å². The van der Waals surface area contributed by atoms with E-state index in [-0.39, 0.29) is 18.0 Å². The summed E-state index contributed by atoms with van der Waals surface area (Å²) in [6.07, 6.45) is 1.55. The van der Waals surface area contributed by atoms with Gasteiger partial charge in [0.15, 0.2) is 0 Å². The molecule has 1 fully saturated rings. The molecular formula is C19H23N3O2. The number of benzene rings is 2. The molecule has 1 aliphatic heterocycles. The molecule has 0 bridgehead atoms. The molecule has 2 aromatic carbocycles. The molecule has 1 amide bonds. The number of amides is 1. The summed E-state index contributed by atoms with van der Waals surface area (Å²) in [5.41, 5.74) is 8.66. The van der Waals surface area contributed by atoms with Gasteiger partial charge >= 0.3 is 0 Å². The molecule has 24 heavy (non-hydrogen) atoms. The monoisotopic (exact) mass is 325 g/mol. The van der Waals surface area contributed by atoms with E-state index in [0.29, 0.717) is 6.54 Å². The van der Waals surface area contributed by atoms with Gasteiger partial charge in [-0.2, -0.15) is 0 Å². The van der Waals surface area contributed by atoms with Gasteiger partial charge in [0, 0.05) is 12.6 Å². The van der Waals surface area contributed by atoms with Crippen LogP contribution in [0.1, 0.15) is 23.6 Å². The molecule has 1 saturated heterocycles. The zero-order chi connectivity index (χ0) is 16.8. The molecule has 1 heterocycles. The summed E-state index contributed by atoms with van der Waals surface area (Å²) in [4.78, 5) is 12.3. The molecule has 5 nitrogen and oxygen atoms in total. The third-order valence-electron chi connectivity index (χ3n) is 4.29. The number of carbonyl (C=O) groups excluding carboxylic acids is 1. The third-order valence-corrected chi connectivity index (χ3v) is 4.29. The van der Waals surface area contributed by atoms with E-state index >= 15 is 0 Å². The van der Waals surface area contributed by atoms with Crippen LogP contribution in [0.2, 0.25) is 0 Å². The van der Waals surface area contributed by atoms with Crippen LogP contribution in [0, 0.1) is 0 Å². The Morgan fingerprint density at radius 1 is 1.12 bits per heavy atom. The Kier molecular flexibility index (Phi) is 5.46. The van der Waals surface area contributed by atoms with Gasteiger partial charge in [0.2, 0.25) is 5.91 Å². The van der Waals surface area contributed by atoms with Crippen LogP contribution in [0.5, 0.6) is 5.75 Å². The summed E-state index contributed by atoms with van der Waals surface area (Å²) in [5.74, 6) is 0.880. The SMILES string of the molecule is COc1ccc(CCNC(=O)C2CC(c3ccccc3)NN2)cc1. The van der Waals surface area contributed by atoms with E-state index in [2.05, 4.69) is 28.3 Å². The minimum atomic E-state index is -0.203. The van der Waals surface area contributed by atoms with Crippen molar-refractivity contribution in [3.05, 3.63) is 65.7 Å². The van der Waals surface area contributed by atoms with Crippen LogP contribution in [0.3, 0.4) is 0 Å². The zero-order valence-corrected chi connectivity index (χ0v) is 13.8. The summed E-state index contributed by atoms with van der Waals surface area (Å²) in [5, 5.41) is 3.00. The number of ether oxygens (including phenoxy) is 1. The average molecular weight is 325 g/mol. The molecule has 0 radical (unpaired) electrons. The van der Waals surface area contributed by atoms with Gasteiger partial charge in [-0.1, -0.05) is 42.5 Å². The van der Waals surface area contributed by atoms with Crippen molar-refractivity contribution in [3.63, 3.8) is 0 Å². The first kappa shape index (κ1) is 16.5. The minimum Gasteiger partial charge on any atom is -0.497 e. The molecule has 0 aromatic heterocycles. The zero-order valence-electron chi connectivity index (χ0n) is 13.8. The minimum absolute atomic E-state index is 0.0365. The van der Waals surface area contributed by atoms with Gasteiger partial charge < -0.3 is 10.1 Å². The lowest BCUT2D eigenvalue weighted by atomic mass is 10.0. The Hall–Kier alpha value is -2.37. The summed E-state index contributed by atoms with van der Waals surface area (Å²) in [6.45, 7) is 0.624. The molecular weight excluding hydrogens is 302 g/mol. The van der Waals surface area contributed by atoms with E-state index < -0.39 is 0 Å². The quantitative estimate of drug-likeness (QED) is 0.760. The molecule has 0 saturated carbocycles. The van der Waals surface area contributed by atoms with Crippen LogP contribution in [0.25, 0.3) is 0 Å². The number of nitrogens with one attached hydrogen (secondary N) is 3. The molecule has 3 rings (SSSR count). The molecule has 1 aliphatic rings. The summed E-state index contributed by atoms with van der Waals surface area (Å²) >= 11 is 0. The van der Waals surface area contributed by atoms with Crippen LogP contribution in [0.15, 0.2) is 54.6 Å². The van der Waals surface area contributed by atoms with E-state index in [9.17, 15) is 4.79 Å². The predicted molar refractivity (Wildman–Crippen MR) is 93.6 cm³/mol. The molecule has 5 heteroatoms. The summed E-state index contributed by atoms with van der Waals surface area (Å²) in [6, 6.07) is 18.0. The lowest BCUT2D eigenvalue weighted by Crippen LogP contribution is -2.43. The highest BCUT2D eigenvalue weighted by molar-refractivity contribution is 5.82. The van der Waals surface area contributed by atoms with Crippen molar-refractivity contribution in [2.75, 3.05) is 13.7 Å². The largest absolute Gasteiger partial charge is 0.497 e. The van der Waals surface area contributed by atoms with E-state index in [1.165, 1.54) is 11.1 Å². The van der Waals surface area contributed by atoms with Gasteiger partial charge in [0.25, 0.3) is 0 Å². The van der Waals surface area contributed by atoms with Crippen molar-refractivity contribution in [2.24, 2.45) is 0 Å². The van der Waals surface area contributed by atoms with Gasteiger partial charge in [-0.05, 0) is 36.1 Å². The summed E-state index contributed by atoms with van der Waals surface area (Å²) in [7, 11) is 1.65. The van der Waals surface area contributed by atoms with E-state index in [1.807, 2.05) is 42.5 Å². The Morgan fingerprint density at radius 3 is 2.58 bits per heavy atom. The second-order valence-electron chi connectivity index (χ2n) is 5.93. The smallest absolute Gasteiger partial charge is 0.238 e. The fourth-order valence-electron chi connectivity index (χ4n) is 2.88. The van der Waals surface area contributed by atoms with Crippen LogP contribution in [-0.4, -0.2) is 25.6 Å². The number of rotatable bonds is 6. The molecule has 2 aromatic rings. The maximum Gasteiger partial charge on any atom is 0.238 e. The molecule has 2 unspecified atom stereocenters. The average Bonchev–Trinajstić information content (AvgIpc) is 3.13. The van der Waals surface area contributed by atoms with E-state index in [4.69, 9.17) is 4.74 Å². The fraction of sp³-hybridized carbons (Fsp3) is 0.316. The lowest BCUT2D eigenvalue weighted by Gasteiger charge is -2.11. The first-order chi connectivity index (χ1) is 11.8. The van der Waals surface area contributed by atoms with E-state index in [1.54, 1.807) is 7.11 Å². The highest BCUT2D eigenvalue weighted by Crippen LogP contribution is 2.21. The van der Waals surface area contributed by atoms with Crippen molar-refractivity contribution in [3.8, 4) is 5.75 Å². The molecule has 126 valence electrons. The summed E-state index contributed by atoms with van der Waals surface area (Å²) < 4.78 is 5.14. The van der Waals surface area contributed by atoms with Gasteiger partial charge in [0.05, 0.1) is 7.11 Å². The van der Waals surface area contributed by atoms with Crippen LogP contribution in [0.4, 0.5) is 0 Å². The number of hydrazine groups is 1. The second kappa shape index (κ2) is 7.95. The van der Waals surface area contributed by atoms with E-state index in [0.717, 1.165) is 18.6 Å². The van der Waals surface area contributed by atoms with Gasteiger partial charge in [-0.15, -0.1) is 0 Å². The first-order valence-electron chi connectivity index (χ1n) is 8.23. The fourth-order valence-corrected chi connectivity index (χ4v) is 2.88. The molecule has 0 spiro atoms. The lowest BCUT2D eigenvalue weighted by molar-refractivity contribution is -0.122. The normalized spacial score (nSPS) is 19.9. The number of hydrogen-bond acceptors (Lipinski definition) is 4. The maximum absolute atomic E-state index is 12.3.